The fourth-order valence-corrected chi connectivity index (χ4v) is 5.12. The summed E-state index contributed by atoms with van der Waals surface area (Å²) in [4.78, 5) is 38.2. The lowest BCUT2D eigenvalue weighted by Gasteiger charge is -2.18. The highest BCUT2D eigenvalue weighted by Gasteiger charge is 2.27. The molecular weight excluding hydrogens is 400 g/mol. The van der Waals surface area contributed by atoms with E-state index in [0.717, 1.165) is 35.3 Å². The van der Waals surface area contributed by atoms with Gasteiger partial charge in [-0.15, -0.1) is 11.3 Å². The van der Waals surface area contributed by atoms with E-state index < -0.39 is 11.8 Å². The molecule has 0 radical (unpaired) electrons. The van der Waals surface area contributed by atoms with Gasteiger partial charge in [0.05, 0.1) is 12.1 Å². The van der Waals surface area contributed by atoms with Gasteiger partial charge in [-0.2, -0.15) is 5.10 Å². The average molecular weight is 423 g/mol. The van der Waals surface area contributed by atoms with Crippen molar-refractivity contribution in [3.05, 3.63) is 80.1 Å². The second-order valence-electron chi connectivity index (χ2n) is 7.57. The van der Waals surface area contributed by atoms with Gasteiger partial charge in [0.1, 0.15) is 10.7 Å². The Labute approximate surface area is 177 Å². The summed E-state index contributed by atoms with van der Waals surface area (Å²) < 4.78 is 1.25. The zero-order chi connectivity index (χ0) is 21.3. The van der Waals surface area contributed by atoms with Crippen LogP contribution in [0.2, 0.25) is 0 Å². The number of hydrogen-bond acceptors (Lipinski definition) is 5. The van der Waals surface area contributed by atoms with E-state index in [2.05, 4.69) is 17.3 Å². The minimum Gasteiger partial charge on any atom is -0.365 e. The summed E-state index contributed by atoms with van der Waals surface area (Å²) in [6.45, 7) is 2.43. The second kappa shape index (κ2) is 8.23. The maximum Gasteiger partial charge on any atom is 0.276 e. The molecule has 2 aromatic heterocycles. The predicted molar refractivity (Wildman–Crippen MR) is 116 cm³/mol. The molecule has 1 aliphatic carbocycles. The first-order valence-electron chi connectivity index (χ1n) is 9.80. The van der Waals surface area contributed by atoms with Gasteiger partial charge in [-0.25, -0.2) is 4.68 Å². The molecular formula is C22H22N4O3S. The van der Waals surface area contributed by atoms with Gasteiger partial charge in [-0.3, -0.25) is 14.4 Å². The SMILES string of the molecule is C[C@H]1CCc2c(sc(NC(=O)c3ccc(=O)n(Cc4ccccc4)n3)c2C(N)=O)C1. The molecule has 154 valence electrons. The zero-order valence-electron chi connectivity index (χ0n) is 16.6. The van der Waals surface area contributed by atoms with Crippen molar-refractivity contribution < 1.29 is 9.59 Å². The van der Waals surface area contributed by atoms with Crippen LogP contribution in [0.1, 0.15) is 50.2 Å². The lowest BCUT2D eigenvalue weighted by molar-refractivity contribution is 0.1000. The van der Waals surface area contributed by atoms with Gasteiger partial charge < -0.3 is 11.1 Å². The van der Waals surface area contributed by atoms with Crippen molar-refractivity contribution in [3.63, 3.8) is 0 Å². The normalized spacial score (nSPS) is 15.4. The van der Waals surface area contributed by atoms with Crippen molar-refractivity contribution >= 4 is 28.2 Å². The first-order valence-corrected chi connectivity index (χ1v) is 10.6. The summed E-state index contributed by atoms with van der Waals surface area (Å²) in [6, 6.07) is 12.1. The largest absolute Gasteiger partial charge is 0.365 e. The number of thiophene rings is 1. The van der Waals surface area contributed by atoms with Crippen LogP contribution in [0.4, 0.5) is 5.00 Å². The van der Waals surface area contributed by atoms with E-state index in [-0.39, 0.29) is 17.8 Å². The average Bonchev–Trinajstić information content (AvgIpc) is 3.07. The number of fused-ring (bicyclic) bond motifs is 1. The highest BCUT2D eigenvalue weighted by Crippen LogP contribution is 2.39. The van der Waals surface area contributed by atoms with Gasteiger partial charge >= 0.3 is 0 Å². The lowest BCUT2D eigenvalue weighted by atomic mass is 9.88. The van der Waals surface area contributed by atoms with E-state index in [1.165, 1.54) is 28.2 Å². The van der Waals surface area contributed by atoms with Crippen LogP contribution in [0.25, 0.3) is 0 Å². The predicted octanol–water partition coefficient (Wildman–Crippen LogP) is 2.83. The van der Waals surface area contributed by atoms with Crippen molar-refractivity contribution in [2.75, 3.05) is 5.32 Å². The number of hydrogen-bond donors (Lipinski definition) is 2. The van der Waals surface area contributed by atoms with Gasteiger partial charge in [0.15, 0.2) is 0 Å². The summed E-state index contributed by atoms with van der Waals surface area (Å²) in [6.07, 6.45) is 2.64. The Morgan fingerprint density at radius 1 is 1.23 bits per heavy atom. The number of amides is 2. The van der Waals surface area contributed by atoms with Crippen LogP contribution in [0.5, 0.6) is 0 Å². The van der Waals surface area contributed by atoms with E-state index in [0.29, 0.717) is 16.5 Å². The number of benzene rings is 1. The molecule has 7 nitrogen and oxygen atoms in total. The van der Waals surface area contributed by atoms with Crippen LogP contribution in [0, 0.1) is 5.92 Å². The van der Waals surface area contributed by atoms with Crippen LogP contribution >= 0.6 is 11.3 Å². The molecule has 0 saturated heterocycles. The number of nitrogens with one attached hydrogen (secondary N) is 1. The van der Waals surface area contributed by atoms with Gasteiger partial charge in [-0.1, -0.05) is 37.3 Å². The fourth-order valence-electron chi connectivity index (χ4n) is 3.71. The molecule has 0 saturated carbocycles. The number of primary amides is 1. The summed E-state index contributed by atoms with van der Waals surface area (Å²) in [5, 5.41) is 7.46. The molecule has 4 rings (SSSR count). The van der Waals surface area contributed by atoms with E-state index in [1.54, 1.807) is 0 Å². The van der Waals surface area contributed by atoms with Crippen LogP contribution in [-0.2, 0) is 19.4 Å². The second-order valence-corrected chi connectivity index (χ2v) is 8.68. The van der Waals surface area contributed by atoms with Crippen molar-refractivity contribution in [2.24, 2.45) is 11.7 Å². The molecule has 2 heterocycles. The molecule has 3 N–H and O–H groups in total. The Bertz CT molecular complexity index is 1170. The van der Waals surface area contributed by atoms with Gasteiger partial charge in [0.25, 0.3) is 17.4 Å². The quantitative estimate of drug-likeness (QED) is 0.659. The highest BCUT2D eigenvalue weighted by atomic mass is 32.1. The molecule has 2 amide bonds. The molecule has 3 aromatic rings. The number of carbonyl (C=O) groups is 2. The van der Waals surface area contributed by atoms with Gasteiger partial charge in [-0.05, 0) is 42.4 Å². The van der Waals surface area contributed by atoms with Gasteiger partial charge in [0, 0.05) is 10.9 Å². The third-order valence-electron chi connectivity index (χ3n) is 5.26. The Morgan fingerprint density at radius 2 is 2.00 bits per heavy atom. The lowest BCUT2D eigenvalue weighted by Crippen LogP contribution is -2.27. The molecule has 0 fully saturated rings. The third-order valence-corrected chi connectivity index (χ3v) is 6.43. The number of aromatic nitrogens is 2. The summed E-state index contributed by atoms with van der Waals surface area (Å²) >= 11 is 1.40. The van der Waals surface area contributed by atoms with E-state index in [4.69, 9.17) is 5.73 Å². The van der Waals surface area contributed by atoms with Crippen molar-refractivity contribution in [3.8, 4) is 0 Å². The summed E-state index contributed by atoms with van der Waals surface area (Å²) in [5.41, 5.74) is 7.66. The van der Waals surface area contributed by atoms with Gasteiger partial charge in [0.2, 0.25) is 0 Å². The Balaban J connectivity index is 1.61. The number of rotatable bonds is 5. The molecule has 0 spiro atoms. The highest BCUT2D eigenvalue weighted by molar-refractivity contribution is 7.17. The van der Waals surface area contributed by atoms with E-state index in [9.17, 15) is 14.4 Å². The van der Waals surface area contributed by atoms with Crippen molar-refractivity contribution in [1.82, 2.24) is 9.78 Å². The standard InChI is InChI=1S/C22H22N4O3S/c1-13-7-8-15-17(11-13)30-22(19(15)20(23)28)24-21(29)16-9-10-18(27)26(25-16)12-14-5-3-2-4-6-14/h2-6,9-10,13H,7-8,11-12H2,1H3,(H2,23,28)(H,24,29)/t13-/m0/s1. The van der Waals surface area contributed by atoms with Crippen molar-refractivity contribution in [1.29, 1.82) is 0 Å². The third kappa shape index (κ3) is 4.04. The topological polar surface area (TPSA) is 107 Å². The van der Waals surface area contributed by atoms with E-state index >= 15 is 0 Å². The van der Waals surface area contributed by atoms with Crippen LogP contribution in [0.15, 0.2) is 47.3 Å². The molecule has 0 aliphatic heterocycles. The first kappa shape index (κ1) is 20.0. The summed E-state index contributed by atoms with van der Waals surface area (Å²) in [7, 11) is 0. The molecule has 1 aromatic carbocycles. The smallest absolute Gasteiger partial charge is 0.276 e. The Kier molecular flexibility index (Phi) is 5.50. The van der Waals surface area contributed by atoms with Crippen LogP contribution in [-0.4, -0.2) is 21.6 Å². The zero-order valence-corrected chi connectivity index (χ0v) is 17.4. The molecule has 0 unspecified atom stereocenters. The number of carbonyl (C=O) groups excluding carboxylic acids is 2. The molecule has 30 heavy (non-hydrogen) atoms. The molecule has 1 aliphatic rings. The minimum absolute atomic E-state index is 0.0979. The maximum absolute atomic E-state index is 12.8. The Morgan fingerprint density at radius 3 is 2.73 bits per heavy atom. The van der Waals surface area contributed by atoms with Crippen LogP contribution < -0.4 is 16.6 Å². The first-order chi connectivity index (χ1) is 14.4. The molecule has 0 bridgehead atoms. The minimum atomic E-state index is -0.542. The van der Waals surface area contributed by atoms with E-state index in [1.807, 2.05) is 30.3 Å². The Hall–Kier alpha value is -3.26. The summed E-state index contributed by atoms with van der Waals surface area (Å²) in [5.74, 6) is -0.492. The molecule has 1 atom stereocenters. The number of nitrogens with zero attached hydrogens (tertiary/aromatic N) is 2. The van der Waals surface area contributed by atoms with Crippen LogP contribution in [0.3, 0.4) is 0 Å². The maximum atomic E-state index is 12.8. The number of anilines is 1. The monoisotopic (exact) mass is 422 g/mol. The number of nitrogens with two attached hydrogens (primary N) is 1. The van der Waals surface area contributed by atoms with Crippen molar-refractivity contribution in [2.45, 2.75) is 32.7 Å². The molecule has 8 heteroatoms. The fraction of sp³-hybridized carbons (Fsp3) is 0.273.